The topological polar surface area (TPSA) is 64.4 Å². The van der Waals surface area contributed by atoms with Gasteiger partial charge in [-0.05, 0) is 89.3 Å². The van der Waals surface area contributed by atoms with Crippen molar-refractivity contribution in [3.8, 4) is 17.2 Å². The van der Waals surface area contributed by atoms with E-state index < -0.39 is 0 Å². The zero-order chi connectivity index (χ0) is 23.5. The van der Waals surface area contributed by atoms with E-state index >= 15 is 0 Å². The molecule has 0 aliphatic rings. The predicted molar refractivity (Wildman–Crippen MR) is 136 cm³/mol. The van der Waals surface area contributed by atoms with E-state index in [0.29, 0.717) is 44.9 Å². The van der Waals surface area contributed by atoms with Crippen LogP contribution in [0.2, 0.25) is 5.02 Å². The minimum atomic E-state index is -0.284. The van der Waals surface area contributed by atoms with Gasteiger partial charge < -0.3 is 14.5 Å². The fraction of sp³-hybridized carbons (Fsp3) is 0.231. The molecule has 0 saturated heterocycles. The van der Waals surface area contributed by atoms with Crippen molar-refractivity contribution in [3.05, 3.63) is 75.2 Å². The summed E-state index contributed by atoms with van der Waals surface area (Å²) >= 11 is 9.81. The van der Waals surface area contributed by atoms with E-state index in [1.807, 2.05) is 19.1 Å². The number of aromatic nitrogens is 1. The number of anilines is 1. The zero-order valence-corrected chi connectivity index (χ0v) is 21.0. The third kappa shape index (κ3) is 5.07. The summed E-state index contributed by atoms with van der Waals surface area (Å²) in [6, 6.07) is 16.6. The molecule has 7 heteroatoms. The van der Waals surface area contributed by atoms with Crippen molar-refractivity contribution in [1.82, 2.24) is 4.98 Å². The van der Waals surface area contributed by atoms with Gasteiger partial charge in [0, 0.05) is 11.1 Å². The molecule has 0 saturated carbocycles. The van der Waals surface area contributed by atoms with Crippen molar-refractivity contribution in [2.24, 2.45) is 0 Å². The number of oxazole rings is 1. The second-order valence-corrected chi connectivity index (χ2v) is 9.04. The Hall–Kier alpha value is -2.83. The highest BCUT2D eigenvalue weighted by molar-refractivity contribution is 9.10. The Bertz CT molecular complexity index is 1320. The van der Waals surface area contributed by atoms with Crippen molar-refractivity contribution >= 4 is 50.2 Å². The summed E-state index contributed by atoms with van der Waals surface area (Å²) in [4.78, 5) is 17.5. The second-order valence-electron chi connectivity index (χ2n) is 7.78. The van der Waals surface area contributed by atoms with Gasteiger partial charge in [0.2, 0.25) is 5.89 Å². The zero-order valence-electron chi connectivity index (χ0n) is 18.6. The van der Waals surface area contributed by atoms with Gasteiger partial charge in [-0.3, -0.25) is 4.79 Å². The molecule has 0 bridgehead atoms. The van der Waals surface area contributed by atoms with Crippen LogP contribution in [0.25, 0.3) is 22.6 Å². The first-order chi connectivity index (χ1) is 15.9. The van der Waals surface area contributed by atoms with Gasteiger partial charge in [-0.1, -0.05) is 31.5 Å². The molecule has 33 heavy (non-hydrogen) atoms. The first kappa shape index (κ1) is 23.3. The number of fused-ring (bicyclic) bond motifs is 1. The highest BCUT2D eigenvalue weighted by Crippen LogP contribution is 2.32. The number of amides is 1. The van der Waals surface area contributed by atoms with Gasteiger partial charge in [0.05, 0.1) is 21.8 Å². The summed E-state index contributed by atoms with van der Waals surface area (Å²) in [5, 5.41) is 3.30. The molecule has 4 aromatic rings. The first-order valence-corrected chi connectivity index (χ1v) is 12.0. The molecule has 0 spiro atoms. The van der Waals surface area contributed by atoms with Crippen LogP contribution in [0.5, 0.6) is 5.75 Å². The van der Waals surface area contributed by atoms with Gasteiger partial charge in [-0.15, -0.1) is 0 Å². The summed E-state index contributed by atoms with van der Waals surface area (Å²) in [6.45, 7) is 6.81. The van der Waals surface area contributed by atoms with E-state index in [2.05, 4.69) is 52.2 Å². The van der Waals surface area contributed by atoms with Crippen LogP contribution in [-0.2, 0) is 0 Å². The maximum Gasteiger partial charge on any atom is 0.255 e. The number of rotatable bonds is 7. The number of halogens is 2. The predicted octanol–water partition coefficient (Wildman–Crippen LogP) is 8.08. The molecule has 1 N–H and O–H groups in total. The van der Waals surface area contributed by atoms with Crippen LogP contribution in [0.1, 0.15) is 49.0 Å². The van der Waals surface area contributed by atoms with Gasteiger partial charge >= 0.3 is 0 Å². The molecule has 5 nitrogen and oxygen atoms in total. The highest BCUT2D eigenvalue weighted by atomic mass is 79.9. The molecule has 0 fully saturated rings. The van der Waals surface area contributed by atoms with E-state index in [4.69, 9.17) is 20.8 Å². The Labute approximate surface area is 206 Å². The highest BCUT2D eigenvalue weighted by Gasteiger charge is 2.15. The molecule has 1 heterocycles. The van der Waals surface area contributed by atoms with Gasteiger partial charge in [-0.25, -0.2) is 4.98 Å². The number of carbonyl (C=O) groups excluding carboxylic acids is 1. The normalized spacial score (nSPS) is 12.0. The lowest BCUT2D eigenvalue weighted by Gasteiger charge is -2.10. The Morgan fingerprint density at radius 1 is 1.15 bits per heavy atom. The summed E-state index contributed by atoms with van der Waals surface area (Å²) in [7, 11) is 0. The number of benzene rings is 3. The van der Waals surface area contributed by atoms with Gasteiger partial charge in [0.15, 0.2) is 5.58 Å². The third-order valence-electron chi connectivity index (χ3n) is 5.55. The molecule has 0 aliphatic heterocycles. The number of nitrogens with zero attached hydrogens (tertiary/aromatic N) is 1. The molecule has 4 rings (SSSR count). The minimum Gasteiger partial charge on any atom is -0.493 e. The number of ether oxygens (including phenoxy) is 1. The molecule has 1 atom stereocenters. The Morgan fingerprint density at radius 2 is 1.97 bits per heavy atom. The molecule has 3 aromatic carbocycles. The lowest BCUT2D eigenvalue weighted by Crippen LogP contribution is -2.12. The molecule has 0 unspecified atom stereocenters. The number of hydrogen-bond acceptors (Lipinski definition) is 4. The first-order valence-electron chi connectivity index (χ1n) is 10.8. The van der Waals surface area contributed by atoms with E-state index in [9.17, 15) is 4.79 Å². The summed E-state index contributed by atoms with van der Waals surface area (Å²) in [5.41, 5.74) is 4.44. The van der Waals surface area contributed by atoms with Crippen molar-refractivity contribution in [2.75, 3.05) is 11.9 Å². The molecule has 1 aromatic heterocycles. The van der Waals surface area contributed by atoms with E-state index in [1.54, 1.807) is 30.3 Å². The van der Waals surface area contributed by atoms with Crippen LogP contribution in [-0.4, -0.2) is 17.5 Å². The van der Waals surface area contributed by atoms with Crippen molar-refractivity contribution in [1.29, 1.82) is 0 Å². The van der Waals surface area contributed by atoms with Gasteiger partial charge in [-0.2, -0.15) is 0 Å². The van der Waals surface area contributed by atoms with Crippen molar-refractivity contribution < 1.29 is 13.9 Å². The summed E-state index contributed by atoms with van der Waals surface area (Å²) < 4.78 is 12.2. The Balaban J connectivity index is 1.60. The van der Waals surface area contributed by atoms with Crippen LogP contribution in [0, 0.1) is 0 Å². The van der Waals surface area contributed by atoms with E-state index in [-0.39, 0.29) is 5.91 Å². The van der Waals surface area contributed by atoms with E-state index in [0.717, 1.165) is 23.1 Å². The summed E-state index contributed by atoms with van der Waals surface area (Å²) in [5.74, 6) is 1.33. The van der Waals surface area contributed by atoms with Crippen molar-refractivity contribution in [2.45, 2.75) is 33.1 Å². The van der Waals surface area contributed by atoms with Crippen LogP contribution in [0.4, 0.5) is 5.69 Å². The lowest BCUT2D eigenvalue weighted by molar-refractivity contribution is 0.102. The standard InChI is InChI=1S/C26H24BrClN2O3/c1-4-15(3)16-7-11-24-22(13-16)30-26(33-24)18-6-9-20(28)21(14-18)29-25(31)17-8-10-23(32-5-2)19(27)12-17/h6-15H,4-5H2,1-3H3,(H,29,31)/t15-/m0/s1. The Kier molecular flexibility index (Phi) is 7.05. The number of nitrogens with one attached hydrogen (secondary N) is 1. The van der Waals surface area contributed by atoms with Crippen molar-refractivity contribution in [3.63, 3.8) is 0 Å². The summed E-state index contributed by atoms with van der Waals surface area (Å²) in [6.07, 6.45) is 1.06. The van der Waals surface area contributed by atoms with Gasteiger partial charge in [0.25, 0.3) is 5.91 Å². The fourth-order valence-corrected chi connectivity index (χ4v) is 4.13. The molecule has 0 aliphatic carbocycles. The average molecular weight is 528 g/mol. The Morgan fingerprint density at radius 3 is 2.70 bits per heavy atom. The largest absolute Gasteiger partial charge is 0.493 e. The maximum absolute atomic E-state index is 12.8. The number of carbonyl (C=O) groups is 1. The minimum absolute atomic E-state index is 0.284. The SMILES string of the molecule is CCOc1ccc(C(=O)Nc2cc(-c3nc4cc([C@@H](C)CC)ccc4o3)ccc2Cl)cc1Br. The van der Waals surface area contributed by atoms with E-state index in [1.165, 1.54) is 5.56 Å². The molecular formula is C26H24BrClN2O3. The van der Waals surface area contributed by atoms with Crippen LogP contribution in [0.15, 0.2) is 63.5 Å². The molecule has 170 valence electrons. The maximum atomic E-state index is 12.8. The number of hydrogen-bond donors (Lipinski definition) is 1. The fourth-order valence-electron chi connectivity index (χ4n) is 3.47. The monoisotopic (exact) mass is 526 g/mol. The van der Waals surface area contributed by atoms with Crippen LogP contribution < -0.4 is 10.1 Å². The van der Waals surface area contributed by atoms with Crippen LogP contribution >= 0.6 is 27.5 Å². The van der Waals surface area contributed by atoms with Gasteiger partial charge in [0.1, 0.15) is 11.3 Å². The molecular weight excluding hydrogens is 504 g/mol. The third-order valence-corrected chi connectivity index (χ3v) is 6.50. The smallest absolute Gasteiger partial charge is 0.255 e. The van der Waals surface area contributed by atoms with Crippen LogP contribution in [0.3, 0.4) is 0 Å². The molecule has 1 amide bonds. The molecule has 0 radical (unpaired) electrons. The quantitative estimate of drug-likeness (QED) is 0.264. The second kappa shape index (κ2) is 9.98. The lowest BCUT2D eigenvalue weighted by atomic mass is 9.98. The average Bonchev–Trinajstić information content (AvgIpc) is 3.24.